The highest BCUT2D eigenvalue weighted by atomic mass is 79.9. The molecular weight excluding hydrogens is 305 g/mol. The number of carbonyl (C=O) groups is 1. The lowest BCUT2D eigenvalue weighted by Gasteiger charge is -2.02. The molecule has 17 heavy (non-hydrogen) atoms. The first-order valence-electron chi connectivity index (χ1n) is 4.96. The van der Waals surface area contributed by atoms with Gasteiger partial charge in [-0.3, -0.25) is 4.79 Å². The fraction of sp³-hybridized carbons (Fsp3) is 0.167. The minimum absolute atomic E-state index is 0.0399. The van der Waals surface area contributed by atoms with Crippen LogP contribution < -0.4 is 0 Å². The molecule has 1 heterocycles. The summed E-state index contributed by atoms with van der Waals surface area (Å²) >= 11 is 4.66. The first-order chi connectivity index (χ1) is 8.06. The number of aryl methyl sites for hydroxylation is 1. The lowest BCUT2D eigenvalue weighted by atomic mass is 10.1. The van der Waals surface area contributed by atoms with Gasteiger partial charge in [-0.25, -0.2) is 9.37 Å². The second-order valence-electron chi connectivity index (χ2n) is 3.58. The zero-order chi connectivity index (χ0) is 12.4. The summed E-state index contributed by atoms with van der Waals surface area (Å²) in [6.07, 6.45) is 1.75. The van der Waals surface area contributed by atoms with Gasteiger partial charge in [-0.05, 0) is 30.7 Å². The van der Waals surface area contributed by atoms with Crippen molar-refractivity contribution in [3.8, 4) is 0 Å². The Morgan fingerprint density at radius 2 is 2.29 bits per heavy atom. The molecule has 1 aromatic carbocycles. The van der Waals surface area contributed by atoms with Crippen molar-refractivity contribution in [1.29, 1.82) is 0 Å². The number of benzene rings is 1. The summed E-state index contributed by atoms with van der Waals surface area (Å²) in [4.78, 5) is 16.6. The number of Topliss-reactive ketones (excluding diaryl/α,β-unsaturated/α-hetero) is 1. The van der Waals surface area contributed by atoms with Gasteiger partial charge in [-0.15, -0.1) is 11.3 Å². The highest BCUT2D eigenvalue weighted by molar-refractivity contribution is 9.10. The first-order valence-corrected chi connectivity index (χ1v) is 6.57. The number of carbonyl (C=O) groups excluding carboxylic acids is 1. The highest BCUT2D eigenvalue weighted by Gasteiger charge is 2.12. The first kappa shape index (κ1) is 12.4. The lowest BCUT2D eigenvalue weighted by Crippen LogP contribution is -2.02. The molecule has 0 aliphatic heterocycles. The van der Waals surface area contributed by atoms with E-state index in [4.69, 9.17) is 0 Å². The van der Waals surface area contributed by atoms with Crippen molar-refractivity contribution >= 4 is 33.0 Å². The van der Waals surface area contributed by atoms with Crippen LogP contribution in [0.4, 0.5) is 4.39 Å². The SMILES string of the molecule is Cc1ncc(C(=O)Cc2cc(F)ccc2Br)s1. The van der Waals surface area contributed by atoms with Gasteiger partial charge in [0, 0.05) is 17.1 Å². The summed E-state index contributed by atoms with van der Waals surface area (Å²) in [5, 5.41) is 0.853. The largest absolute Gasteiger partial charge is 0.293 e. The second-order valence-corrected chi connectivity index (χ2v) is 5.67. The zero-order valence-electron chi connectivity index (χ0n) is 9.04. The van der Waals surface area contributed by atoms with Crippen LogP contribution in [0.15, 0.2) is 28.9 Å². The van der Waals surface area contributed by atoms with Crippen molar-refractivity contribution in [3.63, 3.8) is 0 Å². The molecule has 88 valence electrons. The minimum atomic E-state index is -0.337. The van der Waals surface area contributed by atoms with Gasteiger partial charge in [0.25, 0.3) is 0 Å². The third-order valence-electron chi connectivity index (χ3n) is 2.25. The fourth-order valence-electron chi connectivity index (χ4n) is 1.43. The topological polar surface area (TPSA) is 30.0 Å². The number of rotatable bonds is 3. The van der Waals surface area contributed by atoms with E-state index >= 15 is 0 Å². The second kappa shape index (κ2) is 5.06. The van der Waals surface area contributed by atoms with E-state index in [-0.39, 0.29) is 18.0 Å². The summed E-state index contributed by atoms with van der Waals surface area (Å²) in [6.45, 7) is 1.85. The molecule has 0 spiro atoms. The predicted molar refractivity (Wildman–Crippen MR) is 69.0 cm³/mol. The Bertz CT molecular complexity index is 567. The normalized spacial score (nSPS) is 10.5. The molecule has 0 fully saturated rings. The van der Waals surface area contributed by atoms with Crippen molar-refractivity contribution < 1.29 is 9.18 Å². The Morgan fingerprint density at radius 3 is 2.94 bits per heavy atom. The molecule has 0 saturated carbocycles. The van der Waals surface area contributed by atoms with Crippen LogP contribution in [0.2, 0.25) is 0 Å². The molecule has 2 nitrogen and oxygen atoms in total. The Morgan fingerprint density at radius 1 is 1.53 bits per heavy atom. The van der Waals surface area contributed by atoms with Gasteiger partial charge in [0.2, 0.25) is 0 Å². The van der Waals surface area contributed by atoms with E-state index in [0.29, 0.717) is 10.4 Å². The number of hydrogen-bond donors (Lipinski definition) is 0. The van der Waals surface area contributed by atoms with E-state index < -0.39 is 0 Å². The molecule has 2 rings (SSSR count). The van der Waals surface area contributed by atoms with Gasteiger partial charge in [0.1, 0.15) is 5.82 Å². The van der Waals surface area contributed by atoms with Crippen molar-refractivity contribution in [2.75, 3.05) is 0 Å². The standard InChI is InChI=1S/C12H9BrFNOS/c1-7-15-6-12(17-7)11(16)5-8-4-9(14)2-3-10(8)13/h2-4,6H,5H2,1H3. The van der Waals surface area contributed by atoms with Gasteiger partial charge in [0.15, 0.2) is 5.78 Å². The van der Waals surface area contributed by atoms with Gasteiger partial charge in [-0.1, -0.05) is 15.9 Å². The average molecular weight is 314 g/mol. The maximum Gasteiger partial charge on any atom is 0.178 e. The summed E-state index contributed by atoms with van der Waals surface area (Å²) < 4.78 is 13.8. The fourth-order valence-corrected chi connectivity index (χ4v) is 2.53. The van der Waals surface area contributed by atoms with Gasteiger partial charge in [0.05, 0.1) is 9.88 Å². The van der Waals surface area contributed by atoms with Crippen LogP contribution >= 0.6 is 27.3 Å². The van der Waals surface area contributed by atoms with E-state index in [1.807, 2.05) is 6.92 Å². The molecule has 1 aromatic heterocycles. The maximum absolute atomic E-state index is 13.1. The molecule has 0 aliphatic carbocycles. The third kappa shape index (κ3) is 2.98. The lowest BCUT2D eigenvalue weighted by molar-refractivity contribution is 0.0996. The smallest absolute Gasteiger partial charge is 0.178 e. The highest BCUT2D eigenvalue weighted by Crippen LogP contribution is 2.21. The van der Waals surface area contributed by atoms with E-state index in [1.165, 1.54) is 23.5 Å². The zero-order valence-corrected chi connectivity index (χ0v) is 11.4. The Kier molecular flexibility index (Phi) is 3.69. The van der Waals surface area contributed by atoms with E-state index in [1.54, 1.807) is 12.3 Å². The summed E-state index contributed by atoms with van der Waals surface area (Å²) in [7, 11) is 0. The Hall–Kier alpha value is -1.07. The van der Waals surface area contributed by atoms with Crippen LogP contribution in [0.1, 0.15) is 20.2 Å². The molecule has 0 N–H and O–H groups in total. The molecule has 0 saturated heterocycles. The molecule has 5 heteroatoms. The number of halogens is 2. The summed E-state index contributed by atoms with van der Waals surface area (Å²) in [6, 6.07) is 4.33. The van der Waals surface area contributed by atoms with Gasteiger partial charge in [-0.2, -0.15) is 0 Å². The monoisotopic (exact) mass is 313 g/mol. The molecular formula is C12H9BrFNOS. The minimum Gasteiger partial charge on any atom is -0.293 e. The van der Waals surface area contributed by atoms with Crippen LogP contribution in [-0.2, 0) is 6.42 Å². The predicted octanol–water partition coefficient (Wildman–Crippen LogP) is 3.78. The summed E-state index contributed by atoms with van der Waals surface area (Å²) in [5.41, 5.74) is 0.654. The number of nitrogens with zero attached hydrogens (tertiary/aromatic N) is 1. The van der Waals surface area contributed by atoms with Crippen LogP contribution in [0.5, 0.6) is 0 Å². The van der Waals surface area contributed by atoms with Crippen LogP contribution in [-0.4, -0.2) is 10.8 Å². The molecule has 0 bridgehead atoms. The third-order valence-corrected chi connectivity index (χ3v) is 3.98. The van der Waals surface area contributed by atoms with Crippen molar-refractivity contribution in [2.45, 2.75) is 13.3 Å². The van der Waals surface area contributed by atoms with E-state index in [0.717, 1.165) is 9.48 Å². The number of hydrogen-bond acceptors (Lipinski definition) is 3. The van der Waals surface area contributed by atoms with E-state index in [9.17, 15) is 9.18 Å². The molecule has 0 amide bonds. The number of thiazole rings is 1. The van der Waals surface area contributed by atoms with Crippen LogP contribution in [0.3, 0.4) is 0 Å². The molecule has 0 aliphatic rings. The number of aromatic nitrogens is 1. The quantitative estimate of drug-likeness (QED) is 0.807. The molecule has 0 atom stereocenters. The van der Waals surface area contributed by atoms with Crippen molar-refractivity contribution in [3.05, 3.63) is 50.1 Å². The van der Waals surface area contributed by atoms with Gasteiger partial charge < -0.3 is 0 Å². The van der Waals surface area contributed by atoms with Crippen molar-refractivity contribution in [2.24, 2.45) is 0 Å². The number of ketones is 1. The van der Waals surface area contributed by atoms with Crippen molar-refractivity contribution in [1.82, 2.24) is 4.98 Å². The van der Waals surface area contributed by atoms with E-state index in [2.05, 4.69) is 20.9 Å². The van der Waals surface area contributed by atoms with Gasteiger partial charge >= 0.3 is 0 Å². The molecule has 0 unspecified atom stereocenters. The molecule has 0 radical (unpaired) electrons. The average Bonchev–Trinajstić information content (AvgIpc) is 2.70. The Labute approximate surface area is 111 Å². The molecule has 2 aromatic rings. The van der Waals surface area contributed by atoms with Crippen LogP contribution in [0.25, 0.3) is 0 Å². The van der Waals surface area contributed by atoms with Crippen LogP contribution in [0, 0.1) is 12.7 Å². The maximum atomic E-state index is 13.1. The Balaban J connectivity index is 2.21. The summed E-state index contributed by atoms with van der Waals surface area (Å²) in [5.74, 6) is -0.376.